The Balaban J connectivity index is 1.49. The van der Waals surface area contributed by atoms with Crippen LogP contribution in [0.2, 0.25) is 0 Å². The SMILES string of the molecule is CCNC(=O)Nc1sc2ccccc2c1C(=O)N1CCC2(CC1)N=C(COCC(C)C)NC2=O. The molecule has 2 aliphatic heterocycles. The van der Waals surface area contributed by atoms with Gasteiger partial charge < -0.3 is 20.3 Å². The Morgan fingerprint density at radius 1 is 1.26 bits per heavy atom. The molecular weight excluding hydrogens is 454 g/mol. The van der Waals surface area contributed by atoms with E-state index in [9.17, 15) is 14.4 Å². The van der Waals surface area contributed by atoms with Crippen molar-refractivity contribution in [3.05, 3.63) is 29.8 Å². The van der Waals surface area contributed by atoms with E-state index >= 15 is 0 Å². The van der Waals surface area contributed by atoms with Crippen molar-refractivity contribution < 1.29 is 19.1 Å². The molecular formula is C24H31N5O4S. The van der Waals surface area contributed by atoms with Gasteiger partial charge in [-0.05, 0) is 31.7 Å². The number of ether oxygens (including phenoxy) is 1. The molecule has 4 amide bonds. The number of aliphatic imine (C=N–C) groups is 1. The molecule has 3 heterocycles. The fraction of sp³-hybridized carbons (Fsp3) is 0.500. The lowest BCUT2D eigenvalue weighted by molar-refractivity contribution is -0.125. The summed E-state index contributed by atoms with van der Waals surface area (Å²) in [6.45, 7) is 8.15. The first-order chi connectivity index (χ1) is 16.3. The molecule has 2 aromatic rings. The number of amidine groups is 1. The summed E-state index contributed by atoms with van der Waals surface area (Å²) >= 11 is 1.38. The average Bonchev–Trinajstić information content (AvgIpc) is 3.30. The molecule has 0 bridgehead atoms. The van der Waals surface area contributed by atoms with E-state index in [1.807, 2.05) is 31.2 Å². The average molecular weight is 486 g/mol. The molecule has 10 heteroatoms. The van der Waals surface area contributed by atoms with E-state index in [0.29, 0.717) is 61.4 Å². The number of carbonyl (C=O) groups excluding carboxylic acids is 3. The highest BCUT2D eigenvalue weighted by atomic mass is 32.1. The van der Waals surface area contributed by atoms with Gasteiger partial charge in [-0.2, -0.15) is 0 Å². The van der Waals surface area contributed by atoms with Crippen molar-refractivity contribution in [3.63, 3.8) is 0 Å². The van der Waals surface area contributed by atoms with E-state index in [2.05, 4.69) is 34.8 Å². The Labute approximate surface area is 202 Å². The highest BCUT2D eigenvalue weighted by molar-refractivity contribution is 7.23. The maximum atomic E-state index is 13.6. The molecule has 34 heavy (non-hydrogen) atoms. The number of rotatable bonds is 7. The van der Waals surface area contributed by atoms with Crippen LogP contribution in [0.25, 0.3) is 10.1 Å². The van der Waals surface area contributed by atoms with Crippen molar-refractivity contribution in [2.45, 2.75) is 39.2 Å². The van der Waals surface area contributed by atoms with Gasteiger partial charge in [0.2, 0.25) is 0 Å². The summed E-state index contributed by atoms with van der Waals surface area (Å²) in [7, 11) is 0. The maximum absolute atomic E-state index is 13.6. The lowest BCUT2D eigenvalue weighted by Gasteiger charge is -2.35. The number of amides is 4. The Morgan fingerprint density at radius 2 is 2.00 bits per heavy atom. The van der Waals surface area contributed by atoms with Crippen LogP contribution in [0.15, 0.2) is 29.3 Å². The molecule has 1 spiro atoms. The second-order valence-corrected chi connectivity index (χ2v) is 10.1. The number of benzene rings is 1. The van der Waals surface area contributed by atoms with Crippen molar-refractivity contribution in [2.75, 3.05) is 38.2 Å². The number of likely N-dealkylation sites (tertiary alicyclic amines) is 1. The van der Waals surface area contributed by atoms with Crippen LogP contribution in [-0.4, -0.2) is 67.0 Å². The molecule has 182 valence electrons. The number of hydrogen-bond donors (Lipinski definition) is 3. The first-order valence-corrected chi connectivity index (χ1v) is 12.5. The van der Waals surface area contributed by atoms with Gasteiger partial charge in [-0.1, -0.05) is 32.0 Å². The van der Waals surface area contributed by atoms with Crippen LogP contribution >= 0.6 is 11.3 Å². The zero-order chi connectivity index (χ0) is 24.3. The second-order valence-electron chi connectivity index (χ2n) is 9.03. The normalized spacial score (nSPS) is 17.2. The van der Waals surface area contributed by atoms with E-state index in [1.165, 1.54) is 11.3 Å². The lowest BCUT2D eigenvalue weighted by Crippen LogP contribution is -2.50. The molecule has 1 aromatic carbocycles. The van der Waals surface area contributed by atoms with Gasteiger partial charge in [0.05, 0.1) is 5.56 Å². The number of carbonyl (C=O) groups is 3. The third-order valence-electron chi connectivity index (χ3n) is 5.97. The third kappa shape index (κ3) is 4.92. The number of thiophene rings is 1. The first kappa shape index (κ1) is 24.2. The van der Waals surface area contributed by atoms with Gasteiger partial charge in [0.25, 0.3) is 11.8 Å². The minimum atomic E-state index is -0.841. The molecule has 0 atom stereocenters. The van der Waals surface area contributed by atoms with Gasteiger partial charge in [-0.3, -0.25) is 19.9 Å². The van der Waals surface area contributed by atoms with Gasteiger partial charge in [0, 0.05) is 36.3 Å². The minimum absolute atomic E-state index is 0.123. The number of nitrogens with one attached hydrogen (secondary N) is 3. The monoisotopic (exact) mass is 485 g/mol. The number of urea groups is 1. The fourth-order valence-corrected chi connectivity index (χ4v) is 5.36. The summed E-state index contributed by atoms with van der Waals surface area (Å²) in [4.78, 5) is 44.9. The van der Waals surface area contributed by atoms with Crippen LogP contribution in [-0.2, 0) is 9.53 Å². The molecule has 0 saturated carbocycles. The lowest BCUT2D eigenvalue weighted by atomic mass is 9.87. The molecule has 2 aliphatic rings. The fourth-order valence-electron chi connectivity index (χ4n) is 4.27. The van der Waals surface area contributed by atoms with Crippen molar-refractivity contribution in [1.29, 1.82) is 0 Å². The minimum Gasteiger partial charge on any atom is -0.373 e. The zero-order valence-electron chi connectivity index (χ0n) is 19.8. The molecule has 1 fully saturated rings. The predicted molar refractivity (Wildman–Crippen MR) is 134 cm³/mol. The largest absolute Gasteiger partial charge is 0.373 e. The maximum Gasteiger partial charge on any atom is 0.319 e. The number of piperidine rings is 1. The number of anilines is 1. The number of fused-ring (bicyclic) bond motifs is 1. The van der Waals surface area contributed by atoms with Crippen LogP contribution in [0.1, 0.15) is 44.0 Å². The predicted octanol–water partition coefficient (Wildman–Crippen LogP) is 3.22. The zero-order valence-corrected chi connectivity index (χ0v) is 20.6. The van der Waals surface area contributed by atoms with Gasteiger partial charge >= 0.3 is 6.03 Å². The third-order valence-corrected chi connectivity index (χ3v) is 7.06. The van der Waals surface area contributed by atoms with Gasteiger partial charge in [0.15, 0.2) is 0 Å². The molecule has 4 rings (SSSR count). The number of nitrogens with zero attached hydrogens (tertiary/aromatic N) is 2. The van der Waals surface area contributed by atoms with Crippen molar-refractivity contribution in [3.8, 4) is 0 Å². The van der Waals surface area contributed by atoms with Crippen LogP contribution in [0.5, 0.6) is 0 Å². The summed E-state index contributed by atoms with van der Waals surface area (Å²) in [6, 6.07) is 7.28. The molecule has 1 aromatic heterocycles. The highest BCUT2D eigenvalue weighted by Gasteiger charge is 2.46. The van der Waals surface area contributed by atoms with Crippen molar-refractivity contribution in [2.24, 2.45) is 10.9 Å². The Kier molecular flexibility index (Phi) is 7.18. The van der Waals surface area contributed by atoms with E-state index in [4.69, 9.17) is 4.74 Å². The van der Waals surface area contributed by atoms with Gasteiger partial charge in [-0.25, -0.2) is 4.79 Å². The van der Waals surface area contributed by atoms with Crippen LogP contribution < -0.4 is 16.0 Å². The molecule has 0 unspecified atom stereocenters. The smallest absolute Gasteiger partial charge is 0.319 e. The molecule has 0 radical (unpaired) electrons. The van der Waals surface area contributed by atoms with Gasteiger partial charge in [0.1, 0.15) is 23.0 Å². The molecule has 3 N–H and O–H groups in total. The van der Waals surface area contributed by atoms with E-state index in [0.717, 1.165) is 10.1 Å². The van der Waals surface area contributed by atoms with E-state index in [1.54, 1.807) is 4.90 Å². The second kappa shape index (κ2) is 10.1. The molecule has 9 nitrogen and oxygen atoms in total. The molecule has 1 saturated heterocycles. The Morgan fingerprint density at radius 3 is 2.71 bits per heavy atom. The van der Waals surface area contributed by atoms with Crippen LogP contribution in [0, 0.1) is 5.92 Å². The van der Waals surface area contributed by atoms with Crippen LogP contribution in [0.4, 0.5) is 9.80 Å². The number of hydrogen-bond acceptors (Lipinski definition) is 6. The highest BCUT2D eigenvalue weighted by Crippen LogP contribution is 2.38. The molecule has 0 aliphatic carbocycles. The summed E-state index contributed by atoms with van der Waals surface area (Å²) in [5, 5.41) is 9.73. The standard InChI is InChI=1S/C24H31N5O4S/c1-4-25-23(32)27-20-19(16-7-5-6-8-17(16)34-20)21(30)29-11-9-24(10-12-29)22(31)26-18(28-24)14-33-13-15(2)3/h5-8,15H,4,9-14H2,1-3H3,(H2,25,27,32)(H,26,28,31). The first-order valence-electron chi connectivity index (χ1n) is 11.7. The summed E-state index contributed by atoms with van der Waals surface area (Å²) in [5.41, 5.74) is -0.350. The Bertz CT molecular complexity index is 1120. The quantitative estimate of drug-likeness (QED) is 0.559. The van der Waals surface area contributed by atoms with Gasteiger partial charge in [-0.15, -0.1) is 11.3 Å². The topological polar surface area (TPSA) is 112 Å². The summed E-state index contributed by atoms with van der Waals surface area (Å²) < 4.78 is 6.55. The van der Waals surface area contributed by atoms with Crippen molar-refractivity contribution in [1.82, 2.24) is 15.5 Å². The van der Waals surface area contributed by atoms with Crippen LogP contribution in [0.3, 0.4) is 0 Å². The van der Waals surface area contributed by atoms with E-state index < -0.39 is 5.54 Å². The Hall–Kier alpha value is -2.98. The summed E-state index contributed by atoms with van der Waals surface area (Å²) in [5.74, 6) is 0.688. The summed E-state index contributed by atoms with van der Waals surface area (Å²) in [6.07, 6.45) is 0.888. The van der Waals surface area contributed by atoms with Crippen molar-refractivity contribution >= 4 is 50.1 Å². The van der Waals surface area contributed by atoms with E-state index in [-0.39, 0.29) is 24.5 Å².